The largest absolute Gasteiger partial charge is 0.472 e. The van der Waals surface area contributed by atoms with Gasteiger partial charge in [-0.05, 0) is 25.0 Å². The summed E-state index contributed by atoms with van der Waals surface area (Å²) < 4.78 is 5.11. The maximum Gasteiger partial charge on any atom is 0.253 e. The van der Waals surface area contributed by atoms with Crippen LogP contribution in [0.3, 0.4) is 0 Å². The summed E-state index contributed by atoms with van der Waals surface area (Å²) in [6.07, 6.45) is 8.95. The first-order valence-corrected chi connectivity index (χ1v) is 6.62. The number of carbonyl (C=O) groups excluding carboxylic acids is 1. The predicted octanol–water partition coefficient (Wildman–Crippen LogP) is 2.72. The van der Waals surface area contributed by atoms with Gasteiger partial charge in [0.2, 0.25) is 0 Å². The van der Waals surface area contributed by atoms with E-state index in [1.54, 1.807) is 18.7 Å². The minimum Gasteiger partial charge on any atom is -0.472 e. The summed E-state index contributed by atoms with van der Waals surface area (Å²) in [7, 11) is 0. The molecule has 0 aromatic carbocycles. The Balaban J connectivity index is 1.77. The number of amides is 1. The summed E-state index contributed by atoms with van der Waals surface area (Å²) in [6, 6.07) is 4.11. The van der Waals surface area contributed by atoms with E-state index >= 15 is 0 Å². The van der Waals surface area contributed by atoms with Gasteiger partial charge in [-0.3, -0.25) is 4.79 Å². The second-order valence-corrected chi connectivity index (χ2v) is 5.08. The Labute approximate surface area is 115 Å². The lowest BCUT2D eigenvalue weighted by Gasteiger charge is -2.03. The number of hydrogen-bond donors (Lipinski definition) is 2. The zero-order valence-corrected chi connectivity index (χ0v) is 10.7. The number of aromatic amines is 1. The van der Waals surface area contributed by atoms with Gasteiger partial charge in [0.05, 0.1) is 18.1 Å². The lowest BCUT2D eigenvalue weighted by Crippen LogP contribution is -2.25. The predicted molar refractivity (Wildman–Crippen MR) is 74.3 cm³/mol. The standard InChI is InChI=1S/C15H13N3O2/c19-15(18-11-1-2-11)10-5-12-13(9-3-4-20-8-9)7-17-14(12)16-6-10/h3-8,11H,1-2H2,(H,16,17)(H,18,19). The highest BCUT2D eigenvalue weighted by Gasteiger charge is 2.24. The molecule has 1 aliphatic rings. The van der Waals surface area contributed by atoms with Crippen molar-refractivity contribution in [1.29, 1.82) is 0 Å². The second-order valence-electron chi connectivity index (χ2n) is 5.08. The summed E-state index contributed by atoms with van der Waals surface area (Å²) in [5, 5.41) is 3.90. The smallest absolute Gasteiger partial charge is 0.253 e. The van der Waals surface area contributed by atoms with Crippen molar-refractivity contribution in [2.45, 2.75) is 18.9 Å². The van der Waals surface area contributed by atoms with Crippen LogP contribution < -0.4 is 5.32 Å². The quantitative estimate of drug-likeness (QED) is 0.766. The van der Waals surface area contributed by atoms with Crippen LogP contribution in [-0.2, 0) is 0 Å². The van der Waals surface area contributed by atoms with Crippen molar-refractivity contribution in [1.82, 2.24) is 15.3 Å². The number of rotatable bonds is 3. The first-order valence-electron chi connectivity index (χ1n) is 6.62. The Morgan fingerprint density at radius 1 is 1.45 bits per heavy atom. The number of carbonyl (C=O) groups is 1. The minimum absolute atomic E-state index is 0.0544. The second kappa shape index (κ2) is 4.23. The maximum atomic E-state index is 12.1. The SMILES string of the molecule is O=C(NC1CC1)c1cnc2[nH]cc(-c3ccoc3)c2c1. The molecule has 1 aliphatic carbocycles. The van der Waals surface area contributed by atoms with Crippen molar-refractivity contribution in [3.63, 3.8) is 0 Å². The van der Waals surface area contributed by atoms with Crippen LogP contribution in [-0.4, -0.2) is 21.9 Å². The molecule has 0 spiro atoms. The number of H-pyrrole nitrogens is 1. The van der Waals surface area contributed by atoms with Crippen LogP contribution in [0.1, 0.15) is 23.2 Å². The van der Waals surface area contributed by atoms with E-state index in [0.717, 1.165) is 35.0 Å². The van der Waals surface area contributed by atoms with E-state index in [-0.39, 0.29) is 5.91 Å². The molecular formula is C15H13N3O2. The number of furan rings is 1. The number of aromatic nitrogens is 2. The van der Waals surface area contributed by atoms with Gasteiger partial charge in [-0.1, -0.05) is 0 Å². The topological polar surface area (TPSA) is 70.9 Å². The highest BCUT2D eigenvalue weighted by molar-refractivity contribution is 6.01. The molecule has 5 heteroatoms. The van der Waals surface area contributed by atoms with Crippen LogP contribution >= 0.6 is 0 Å². The zero-order chi connectivity index (χ0) is 13.5. The number of nitrogens with one attached hydrogen (secondary N) is 2. The molecular weight excluding hydrogens is 254 g/mol. The van der Waals surface area contributed by atoms with Gasteiger partial charge in [0, 0.05) is 34.9 Å². The zero-order valence-electron chi connectivity index (χ0n) is 10.7. The van der Waals surface area contributed by atoms with Crippen LogP contribution in [0.5, 0.6) is 0 Å². The van der Waals surface area contributed by atoms with Crippen LogP contribution in [0, 0.1) is 0 Å². The molecule has 0 unspecified atom stereocenters. The van der Waals surface area contributed by atoms with Crippen molar-refractivity contribution in [2.24, 2.45) is 0 Å². The summed E-state index contributed by atoms with van der Waals surface area (Å²) >= 11 is 0. The lowest BCUT2D eigenvalue weighted by molar-refractivity contribution is 0.0951. The number of fused-ring (bicyclic) bond motifs is 1. The number of nitrogens with zero attached hydrogens (tertiary/aromatic N) is 1. The van der Waals surface area contributed by atoms with Gasteiger partial charge in [0.1, 0.15) is 5.65 Å². The van der Waals surface area contributed by atoms with Gasteiger partial charge < -0.3 is 14.7 Å². The molecule has 4 rings (SSSR count). The van der Waals surface area contributed by atoms with Gasteiger partial charge in [0.15, 0.2) is 0 Å². The van der Waals surface area contributed by atoms with Crippen molar-refractivity contribution in [2.75, 3.05) is 0 Å². The van der Waals surface area contributed by atoms with Crippen molar-refractivity contribution >= 4 is 16.9 Å². The Hall–Kier alpha value is -2.56. The fourth-order valence-electron chi connectivity index (χ4n) is 2.28. The molecule has 2 N–H and O–H groups in total. The molecule has 1 amide bonds. The van der Waals surface area contributed by atoms with E-state index in [9.17, 15) is 4.79 Å². The first-order chi connectivity index (χ1) is 9.81. The van der Waals surface area contributed by atoms with E-state index < -0.39 is 0 Å². The molecule has 3 heterocycles. The molecule has 5 nitrogen and oxygen atoms in total. The number of hydrogen-bond acceptors (Lipinski definition) is 3. The molecule has 20 heavy (non-hydrogen) atoms. The van der Waals surface area contributed by atoms with E-state index in [1.165, 1.54) is 0 Å². The van der Waals surface area contributed by atoms with E-state index in [0.29, 0.717) is 11.6 Å². The fourth-order valence-corrected chi connectivity index (χ4v) is 2.28. The molecule has 1 saturated carbocycles. The van der Waals surface area contributed by atoms with Crippen molar-refractivity contribution in [3.05, 3.63) is 42.6 Å². The highest BCUT2D eigenvalue weighted by atomic mass is 16.3. The minimum atomic E-state index is -0.0544. The maximum absolute atomic E-state index is 12.1. The van der Waals surface area contributed by atoms with Crippen LogP contribution in [0.4, 0.5) is 0 Å². The third-order valence-electron chi connectivity index (χ3n) is 3.54. The Morgan fingerprint density at radius 2 is 2.35 bits per heavy atom. The molecule has 0 bridgehead atoms. The molecule has 0 saturated heterocycles. The lowest BCUT2D eigenvalue weighted by atomic mass is 10.1. The van der Waals surface area contributed by atoms with Crippen LogP contribution in [0.2, 0.25) is 0 Å². The first kappa shape index (κ1) is 11.3. The van der Waals surface area contributed by atoms with Gasteiger partial charge in [-0.25, -0.2) is 4.98 Å². The third kappa shape index (κ3) is 1.87. The summed E-state index contributed by atoms with van der Waals surface area (Å²) in [5.41, 5.74) is 3.32. The van der Waals surface area contributed by atoms with Gasteiger partial charge >= 0.3 is 0 Å². The van der Waals surface area contributed by atoms with Crippen LogP contribution in [0.15, 0.2) is 41.5 Å². The normalized spacial score (nSPS) is 14.6. The molecule has 0 aliphatic heterocycles. The molecule has 1 fully saturated rings. The van der Waals surface area contributed by atoms with E-state index in [1.807, 2.05) is 18.3 Å². The molecule has 3 aromatic rings. The highest BCUT2D eigenvalue weighted by Crippen LogP contribution is 2.28. The van der Waals surface area contributed by atoms with Gasteiger partial charge in [-0.2, -0.15) is 0 Å². The van der Waals surface area contributed by atoms with E-state index in [2.05, 4.69) is 15.3 Å². The monoisotopic (exact) mass is 267 g/mol. The van der Waals surface area contributed by atoms with Gasteiger partial charge in [-0.15, -0.1) is 0 Å². The number of pyridine rings is 1. The Morgan fingerprint density at radius 3 is 3.10 bits per heavy atom. The molecule has 100 valence electrons. The van der Waals surface area contributed by atoms with Crippen molar-refractivity contribution in [3.8, 4) is 11.1 Å². The van der Waals surface area contributed by atoms with E-state index in [4.69, 9.17) is 4.42 Å². The van der Waals surface area contributed by atoms with Crippen LogP contribution in [0.25, 0.3) is 22.2 Å². The average molecular weight is 267 g/mol. The molecule has 0 radical (unpaired) electrons. The Bertz CT molecular complexity index is 770. The molecule has 3 aromatic heterocycles. The summed E-state index contributed by atoms with van der Waals surface area (Å²) in [4.78, 5) is 19.5. The summed E-state index contributed by atoms with van der Waals surface area (Å²) in [6.45, 7) is 0. The summed E-state index contributed by atoms with van der Waals surface area (Å²) in [5.74, 6) is -0.0544. The fraction of sp³-hybridized carbons (Fsp3) is 0.200. The third-order valence-corrected chi connectivity index (χ3v) is 3.54. The Kier molecular flexibility index (Phi) is 2.39. The van der Waals surface area contributed by atoms with Crippen molar-refractivity contribution < 1.29 is 9.21 Å². The molecule has 0 atom stereocenters. The average Bonchev–Trinajstić information content (AvgIpc) is 2.97. The van der Waals surface area contributed by atoms with Gasteiger partial charge in [0.25, 0.3) is 5.91 Å².